The molecule has 1 aromatic carbocycles. The van der Waals surface area contributed by atoms with Gasteiger partial charge in [-0.15, -0.1) is 0 Å². The van der Waals surface area contributed by atoms with Gasteiger partial charge >= 0.3 is 12.3 Å². The summed E-state index contributed by atoms with van der Waals surface area (Å²) >= 11 is 0. The van der Waals surface area contributed by atoms with Crippen molar-refractivity contribution in [3.8, 4) is 0 Å². The van der Waals surface area contributed by atoms with Crippen LogP contribution in [0.25, 0.3) is 0 Å². The Kier molecular flexibility index (Phi) is 4.91. The summed E-state index contributed by atoms with van der Waals surface area (Å²) in [4.78, 5) is 13.3. The van der Waals surface area contributed by atoms with Gasteiger partial charge in [0.15, 0.2) is 0 Å². The van der Waals surface area contributed by atoms with Crippen molar-refractivity contribution < 1.29 is 22.7 Å². The van der Waals surface area contributed by atoms with Crippen molar-refractivity contribution in [1.29, 1.82) is 0 Å². The molecular weight excluding hydrogens is 283 g/mol. The maximum atomic E-state index is 12.5. The van der Waals surface area contributed by atoms with Crippen LogP contribution in [-0.2, 0) is 10.9 Å². The van der Waals surface area contributed by atoms with Gasteiger partial charge in [-0.05, 0) is 45.4 Å². The molecule has 0 saturated carbocycles. The lowest BCUT2D eigenvalue weighted by Crippen LogP contribution is -2.35. The highest BCUT2D eigenvalue weighted by atomic mass is 19.4. The second-order valence-electron chi connectivity index (χ2n) is 5.89. The van der Waals surface area contributed by atoms with Crippen molar-refractivity contribution >= 4 is 6.09 Å². The van der Waals surface area contributed by atoms with Crippen molar-refractivity contribution in [2.24, 2.45) is 0 Å². The van der Waals surface area contributed by atoms with Crippen LogP contribution in [0, 0.1) is 0 Å². The Bertz CT molecular complexity index is 489. The predicted molar refractivity (Wildman–Crippen MR) is 73.9 cm³/mol. The second kappa shape index (κ2) is 5.95. The van der Waals surface area contributed by atoms with Crippen LogP contribution in [0.4, 0.5) is 18.0 Å². The number of alkyl halides is 3. The lowest BCUT2D eigenvalue weighted by atomic mass is 10.1. The molecule has 0 bridgehead atoms. The van der Waals surface area contributed by atoms with Gasteiger partial charge < -0.3 is 9.64 Å². The van der Waals surface area contributed by atoms with Gasteiger partial charge in [-0.25, -0.2) is 4.79 Å². The molecule has 1 rings (SSSR count). The Morgan fingerprint density at radius 3 is 2.00 bits per heavy atom. The molecule has 0 saturated heterocycles. The molecule has 0 heterocycles. The fraction of sp³-hybridized carbons (Fsp3) is 0.533. The fourth-order valence-corrected chi connectivity index (χ4v) is 1.67. The molecule has 1 amide bonds. The van der Waals surface area contributed by atoms with E-state index >= 15 is 0 Å². The van der Waals surface area contributed by atoms with Crippen LogP contribution in [-0.4, -0.2) is 23.6 Å². The van der Waals surface area contributed by atoms with Crippen LogP contribution in [0.5, 0.6) is 0 Å². The molecule has 0 aromatic heterocycles. The first-order chi connectivity index (χ1) is 9.42. The van der Waals surface area contributed by atoms with Crippen LogP contribution in [0.3, 0.4) is 0 Å². The molecule has 0 aliphatic carbocycles. The highest BCUT2D eigenvalue weighted by molar-refractivity contribution is 5.68. The molecule has 0 fully saturated rings. The first-order valence-electron chi connectivity index (χ1n) is 6.55. The van der Waals surface area contributed by atoms with E-state index in [-0.39, 0.29) is 6.04 Å². The zero-order chi connectivity index (χ0) is 16.4. The van der Waals surface area contributed by atoms with Crippen molar-refractivity contribution in [2.75, 3.05) is 7.05 Å². The molecule has 3 nitrogen and oxygen atoms in total. The third-order valence-electron chi connectivity index (χ3n) is 2.98. The molecule has 0 spiro atoms. The van der Waals surface area contributed by atoms with E-state index in [9.17, 15) is 18.0 Å². The van der Waals surface area contributed by atoms with E-state index < -0.39 is 23.4 Å². The number of carbonyl (C=O) groups excluding carboxylic acids is 1. The van der Waals surface area contributed by atoms with Crippen molar-refractivity contribution in [3.05, 3.63) is 35.4 Å². The normalized spacial score (nSPS) is 13.7. The largest absolute Gasteiger partial charge is 0.444 e. The van der Waals surface area contributed by atoms with Gasteiger partial charge in [-0.3, -0.25) is 0 Å². The zero-order valence-electron chi connectivity index (χ0n) is 12.8. The average Bonchev–Trinajstić information content (AvgIpc) is 2.34. The van der Waals surface area contributed by atoms with E-state index in [2.05, 4.69) is 0 Å². The summed E-state index contributed by atoms with van der Waals surface area (Å²) in [5.74, 6) is 0. The van der Waals surface area contributed by atoms with Gasteiger partial charge in [0, 0.05) is 7.05 Å². The standard InChI is InChI=1S/C15H20F3NO2/c1-10(19(5)13(20)21-14(2,3)4)11-6-8-12(9-7-11)15(16,17)18/h6-10H,1-5H3/t10-/m1/s1. The maximum absolute atomic E-state index is 12.5. The van der Waals surface area contributed by atoms with Gasteiger partial charge in [-0.1, -0.05) is 12.1 Å². The van der Waals surface area contributed by atoms with Crippen LogP contribution in [0.15, 0.2) is 24.3 Å². The SMILES string of the molecule is C[C@H](c1ccc(C(F)(F)F)cc1)N(C)C(=O)OC(C)(C)C. The van der Waals surface area contributed by atoms with E-state index in [0.717, 1.165) is 12.1 Å². The van der Waals surface area contributed by atoms with E-state index in [1.54, 1.807) is 34.7 Å². The summed E-state index contributed by atoms with van der Waals surface area (Å²) in [5, 5.41) is 0. The summed E-state index contributed by atoms with van der Waals surface area (Å²) in [6.45, 7) is 6.98. The van der Waals surface area contributed by atoms with Gasteiger partial charge in [0.25, 0.3) is 0 Å². The first kappa shape index (κ1) is 17.3. The molecule has 0 aliphatic heterocycles. The average molecular weight is 303 g/mol. The highest BCUT2D eigenvalue weighted by Crippen LogP contribution is 2.30. The molecule has 1 aromatic rings. The minimum Gasteiger partial charge on any atom is -0.444 e. The minimum absolute atomic E-state index is 0.387. The molecule has 21 heavy (non-hydrogen) atoms. The molecule has 1 atom stereocenters. The summed E-state index contributed by atoms with van der Waals surface area (Å²) < 4.78 is 42.8. The molecule has 0 radical (unpaired) electrons. The van der Waals surface area contributed by atoms with Crippen molar-refractivity contribution in [2.45, 2.75) is 45.5 Å². The number of benzene rings is 1. The van der Waals surface area contributed by atoms with Crippen molar-refractivity contribution in [1.82, 2.24) is 4.90 Å². The molecule has 0 aliphatic rings. The van der Waals surface area contributed by atoms with Crippen LogP contribution in [0.1, 0.15) is 44.9 Å². The monoisotopic (exact) mass is 303 g/mol. The van der Waals surface area contributed by atoms with Crippen LogP contribution in [0.2, 0.25) is 0 Å². The smallest absolute Gasteiger partial charge is 0.416 e. The number of amides is 1. The van der Waals surface area contributed by atoms with E-state index in [1.165, 1.54) is 17.0 Å². The predicted octanol–water partition coefficient (Wildman–Crippen LogP) is 4.63. The third-order valence-corrected chi connectivity index (χ3v) is 2.98. The lowest BCUT2D eigenvalue weighted by Gasteiger charge is -2.29. The molecular formula is C15H20F3NO2. The van der Waals surface area contributed by atoms with Crippen LogP contribution < -0.4 is 0 Å². The summed E-state index contributed by atoms with van der Waals surface area (Å²) in [5.41, 5.74) is -0.722. The lowest BCUT2D eigenvalue weighted by molar-refractivity contribution is -0.137. The Morgan fingerprint density at radius 1 is 1.14 bits per heavy atom. The van der Waals surface area contributed by atoms with Gasteiger partial charge in [0.05, 0.1) is 11.6 Å². The van der Waals surface area contributed by atoms with E-state index in [0.29, 0.717) is 5.56 Å². The highest BCUT2D eigenvalue weighted by Gasteiger charge is 2.30. The molecule has 0 N–H and O–H groups in total. The third kappa shape index (κ3) is 4.95. The summed E-state index contributed by atoms with van der Waals surface area (Å²) in [6, 6.07) is 4.37. The van der Waals surface area contributed by atoms with Gasteiger partial charge in [0.2, 0.25) is 0 Å². The molecule has 0 unspecified atom stereocenters. The van der Waals surface area contributed by atoms with E-state index in [1.807, 2.05) is 0 Å². The number of hydrogen-bond donors (Lipinski definition) is 0. The second-order valence-corrected chi connectivity index (χ2v) is 5.89. The quantitative estimate of drug-likeness (QED) is 0.797. The van der Waals surface area contributed by atoms with Gasteiger partial charge in [-0.2, -0.15) is 13.2 Å². The van der Waals surface area contributed by atoms with E-state index in [4.69, 9.17) is 4.74 Å². The van der Waals surface area contributed by atoms with Crippen molar-refractivity contribution in [3.63, 3.8) is 0 Å². The fourth-order valence-electron chi connectivity index (χ4n) is 1.67. The minimum atomic E-state index is -4.36. The maximum Gasteiger partial charge on any atom is 0.416 e. The Balaban J connectivity index is 2.83. The Hall–Kier alpha value is -1.72. The number of nitrogens with zero attached hydrogens (tertiary/aromatic N) is 1. The number of rotatable bonds is 2. The summed E-state index contributed by atoms with van der Waals surface area (Å²) in [7, 11) is 1.55. The first-order valence-corrected chi connectivity index (χ1v) is 6.55. The van der Waals surface area contributed by atoms with Gasteiger partial charge in [0.1, 0.15) is 5.60 Å². The number of halogens is 3. The zero-order valence-corrected chi connectivity index (χ0v) is 12.8. The summed E-state index contributed by atoms with van der Waals surface area (Å²) in [6.07, 6.45) is -4.88. The molecule has 6 heteroatoms. The topological polar surface area (TPSA) is 29.5 Å². The Morgan fingerprint density at radius 2 is 1.62 bits per heavy atom. The number of carbonyl (C=O) groups is 1. The number of ether oxygens (including phenoxy) is 1. The molecule has 118 valence electrons. The number of hydrogen-bond acceptors (Lipinski definition) is 2. The Labute approximate surface area is 122 Å². The van der Waals surface area contributed by atoms with Crippen LogP contribution >= 0.6 is 0 Å².